The van der Waals surface area contributed by atoms with Gasteiger partial charge in [-0.2, -0.15) is 11.8 Å². The standard InChI is InChI=1S/C9H18N2O4S/c1-15-5-7(9(13)14)11-8(12)6(10)3-4-16-2/h6-7H,3-5,10H2,1-2H3,(H,11,12)(H,13,14)/t6-,7?/m0/s1. The van der Waals surface area contributed by atoms with Gasteiger partial charge in [-0.3, -0.25) is 4.79 Å². The van der Waals surface area contributed by atoms with Crippen LogP contribution in [0.15, 0.2) is 0 Å². The number of aliphatic carboxylic acids is 1. The highest BCUT2D eigenvalue weighted by Crippen LogP contribution is 1.99. The number of carboxylic acid groups (broad SMARTS) is 1. The van der Waals surface area contributed by atoms with Gasteiger partial charge in [-0.1, -0.05) is 0 Å². The van der Waals surface area contributed by atoms with Gasteiger partial charge in [0.05, 0.1) is 12.6 Å². The second-order valence-corrected chi connectivity index (χ2v) is 4.23. The average molecular weight is 250 g/mol. The van der Waals surface area contributed by atoms with Crippen LogP contribution >= 0.6 is 11.8 Å². The molecule has 0 aliphatic rings. The number of rotatable bonds is 8. The van der Waals surface area contributed by atoms with Gasteiger partial charge in [-0.05, 0) is 18.4 Å². The molecule has 0 aromatic rings. The number of hydrogen-bond acceptors (Lipinski definition) is 5. The molecule has 16 heavy (non-hydrogen) atoms. The van der Waals surface area contributed by atoms with Gasteiger partial charge in [-0.15, -0.1) is 0 Å². The minimum atomic E-state index is -1.13. The van der Waals surface area contributed by atoms with E-state index in [9.17, 15) is 9.59 Å². The van der Waals surface area contributed by atoms with Crippen molar-refractivity contribution in [1.82, 2.24) is 5.32 Å². The molecule has 4 N–H and O–H groups in total. The fourth-order valence-electron chi connectivity index (χ4n) is 0.996. The predicted octanol–water partition coefficient (Wildman–Crippen LogP) is -0.717. The summed E-state index contributed by atoms with van der Waals surface area (Å²) in [6.45, 7) is -0.0731. The molecule has 0 aliphatic carbocycles. The minimum Gasteiger partial charge on any atom is -0.480 e. The Morgan fingerprint density at radius 1 is 1.56 bits per heavy atom. The molecule has 0 rings (SSSR count). The molecule has 0 radical (unpaired) electrons. The molecule has 2 atom stereocenters. The molecule has 0 bridgehead atoms. The summed E-state index contributed by atoms with van der Waals surface area (Å²) in [4.78, 5) is 22.2. The number of methoxy groups -OCH3 is 1. The van der Waals surface area contributed by atoms with Crippen molar-refractivity contribution in [3.63, 3.8) is 0 Å². The Balaban J connectivity index is 4.12. The van der Waals surface area contributed by atoms with E-state index in [0.29, 0.717) is 6.42 Å². The largest absolute Gasteiger partial charge is 0.480 e. The van der Waals surface area contributed by atoms with Crippen LogP contribution in [0.5, 0.6) is 0 Å². The van der Waals surface area contributed by atoms with Crippen LogP contribution in [0.25, 0.3) is 0 Å². The lowest BCUT2D eigenvalue weighted by Crippen LogP contribution is -2.50. The van der Waals surface area contributed by atoms with E-state index in [1.165, 1.54) is 7.11 Å². The number of nitrogens with two attached hydrogens (primary N) is 1. The molecular weight excluding hydrogens is 232 g/mol. The predicted molar refractivity (Wildman–Crippen MR) is 62.4 cm³/mol. The Bertz CT molecular complexity index is 238. The quantitative estimate of drug-likeness (QED) is 0.525. The van der Waals surface area contributed by atoms with Crippen LogP contribution in [0.3, 0.4) is 0 Å². The third-order valence-electron chi connectivity index (χ3n) is 1.92. The lowest BCUT2D eigenvalue weighted by Gasteiger charge is -2.16. The summed E-state index contributed by atoms with van der Waals surface area (Å²) < 4.78 is 4.69. The number of thioether (sulfide) groups is 1. The molecule has 0 aliphatic heterocycles. The van der Waals surface area contributed by atoms with Crippen LogP contribution < -0.4 is 11.1 Å². The summed E-state index contributed by atoms with van der Waals surface area (Å²) in [6.07, 6.45) is 2.43. The Morgan fingerprint density at radius 3 is 2.62 bits per heavy atom. The maximum atomic E-state index is 11.5. The van der Waals surface area contributed by atoms with Gasteiger partial charge in [0.1, 0.15) is 0 Å². The Hall–Kier alpha value is -0.790. The minimum absolute atomic E-state index is 0.0731. The first-order valence-electron chi connectivity index (χ1n) is 4.79. The number of carbonyl (C=O) groups excluding carboxylic acids is 1. The molecule has 0 saturated carbocycles. The lowest BCUT2D eigenvalue weighted by molar-refractivity contribution is -0.143. The van der Waals surface area contributed by atoms with Crippen LogP contribution in [-0.4, -0.2) is 54.8 Å². The second-order valence-electron chi connectivity index (χ2n) is 3.24. The molecule has 94 valence electrons. The van der Waals surface area contributed by atoms with Crippen LogP contribution in [0, 0.1) is 0 Å². The molecule has 0 saturated heterocycles. The molecule has 0 spiro atoms. The van der Waals surface area contributed by atoms with Gasteiger partial charge >= 0.3 is 5.97 Å². The highest BCUT2D eigenvalue weighted by Gasteiger charge is 2.22. The van der Waals surface area contributed by atoms with Crippen molar-refractivity contribution in [2.75, 3.05) is 25.7 Å². The van der Waals surface area contributed by atoms with Crippen LogP contribution in [-0.2, 0) is 14.3 Å². The smallest absolute Gasteiger partial charge is 0.328 e. The van der Waals surface area contributed by atoms with Gasteiger partial charge in [0.2, 0.25) is 5.91 Å². The van der Waals surface area contributed by atoms with Crippen molar-refractivity contribution in [3.05, 3.63) is 0 Å². The zero-order chi connectivity index (χ0) is 12.6. The average Bonchev–Trinajstić information content (AvgIpc) is 2.24. The Morgan fingerprint density at radius 2 is 2.19 bits per heavy atom. The van der Waals surface area contributed by atoms with E-state index < -0.39 is 24.0 Å². The van der Waals surface area contributed by atoms with E-state index in [1.807, 2.05) is 6.26 Å². The molecule has 1 unspecified atom stereocenters. The van der Waals surface area contributed by atoms with Gasteiger partial charge in [0.15, 0.2) is 6.04 Å². The van der Waals surface area contributed by atoms with Crippen molar-refractivity contribution in [2.45, 2.75) is 18.5 Å². The second kappa shape index (κ2) is 8.37. The summed E-state index contributed by atoms with van der Waals surface area (Å²) in [5.74, 6) is -0.831. The van der Waals surface area contributed by atoms with E-state index in [2.05, 4.69) is 10.1 Å². The maximum absolute atomic E-state index is 11.5. The zero-order valence-electron chi connectivity index (χ0n) is 9.43. The number of amides is 1. The number of hydrogen-bond donors (Lipinski definition) is 3. The molecule has 0 aromatic carbocycles. The first kappa shape index (κ1) is 15.2. The topological polar surface area (TPSA) is 102 Å². The summed E-state index contributed by atoms with van der Waals surface area (Å²) in [5, 5.41) is 11.1. The first-order valence-corrected chi connectivity index (χ1v) is 6.19. The van der Waals surface area contributed by atoms with E-state index >= 15 is 0 Å². The van der Waals surface area contributed by atoms with Crippen molar-refractivity contribution in [1.29, 1.82) is 0 Å². The number of carboxylic acids is 1. The molecule has 0 aromatic heterocycles. The molecule has 1 amide bonds. The van der Waals surface area contributed by atoms with Crippen molar-refractivity contribution < 1.29 is 19.4 Å². The SMILES string of the molecule is COCC(NC(=O)[C@@H](N)CCSC)C(=O)O. The molecule has 0 fully saturated rings. The van der Waals surface area contributed by atoms with Gasteiger partial charge in [-0.25, -0.2) is 4.79 Å². The van der Waals surface area contributed by atoms with Crippen LogP contribution in [0.4, 0.5) is 0 Å². The lowest BCUT2D eigenvalue weighted by atomic mass is 10.2. The summed E-state index contributed by atoms with van der Waals surface area (Å²) >= 11 is 1.58. The normalized spacial score (nSPS) is 14.2. The van der Waals surface area contributed by atoms with E-state index in [-0.39, 0.29) is 6.61 Å². The first-order chi connectivity index (χ1) is 7.52. The Kier molecular flexibility index (Phi) is 7.96. The van der Waals surface area contributed by atoms with E-state index in [0.717, 1.165) is 5.75 Å². The van der Waals surface area contributed by atoms with Gasteiger partial charge < -0.3 is 20.9 Å². The van der Waals surface area contributed by atoms with Crippen molar-refractivity contribution in [2.24, 2.45) is 5.73 Å². The van der Waals surface area contributed by atoms with E-state index in [1.54, 1.807) is 11.8 Å². The van der Waals surface area contributed by atoms with E-state index in [4.69, 9.17) is 10.8 Å². The molecule has 0 heterocycles. The summed E-state index contributed by atoms with van der Waals surface area (Å²) in [6, 6.07) is -1.72. The highest BCUT2D eigenvalue weighted by atomic mass is 32.2. The van der Waals surface area contributed by atoms with Crippen molar-refractivity contribution in [3.8, 4) is 0 Å². The summed E-state index contributed by atoms with van der Waals surface area (Å²) in [7, 11) is 1.37. The van der Waals surface area contributed by atoms with Gasteiger partial charge in [0.25, 0.3) is 0 Å². The molecule has 6 nitrogen and oxygen atoms in total. The Labute approximate surface area is 98.9 Å². The van der Waals surface area contributed by atoms with Crippen LogP contribution in [0.2, 0.25) is 0 Å². The van der Waals surface area contributed by atoms with Gasteiger partial charge in [0, 0.05) is 7.11 Å². The fraction of sp³-hybridized carbons (Fsp3) is 0.778. The van der Waals surface area contributed by atoms with Crippen LogP contribution in [0.1, 0.15) is 6.42 Å². The zero-order valence-corrected chi connectivity index (χ0v) is 10.3. The summed E-state index contributed by atoms with van der Waals surface area (Å²) in [5.41, 5.74) is 5.59. The number of nitrogens with one attached hydrogen (secondary N) is 1. The fourth-order valence-corrected chi connectivity index (χ4v) is 1.49. The van der Waals surface area contributed by atoms with Crippen molar-refractivity contribution >= 4 is 23.6 Å². The third kappa shape index (κ3) is 5.94. The molecular formula is C9H18N2O4S. The monoisotopic (exact) mass is 250 g/mol. The number of ether oxygens (including phenoxy) is 1. The maximum Gasteiger partial charge on any atom is 0.328 e. The number of carbonyl (C=O) groups is 2. The third-order valence-corrected chi connectivity index (χ3v) is 2.56. The highest BCUT2D eigenvalue weighted by molar-refractivity contribution is 7.98. The molecule has 7 heteroatoms.